The van der Waals surface area contributed by atoms with Crippen molar-refractivity contribution >= 4 is 0 Å². The van der Waals surface area contributed by atoms with Gasteiger partial charge in [0, 0.05) is 12.1 Å². The van der Waals surface area contributed by atoms with E-state index in [0.29, 0.717) is 5.54 Å². The average Bonchev–Trinajstić information content (AvgIpc) is 2.36. The molecule has 5 rings (SSSR count). The van der Waals surface area contributed by atoms with Gasteiger partial charge in [0.25, 0.3) is 0 Å². The van der Waals surface area contributed by atoms with E-state index in [2.05, 4.69) is 36.5 Å². The van der Waals surface area contributed by atoms with Gasteiger partial charge < -0.3 is 5.32 Å². The third-order valence-corrected chi connectivity index (χ3v) is 5.95. The van der Waals surface area contributed by atoms with Crippen molar-refractivity contribution in [2.45, 2.75) is 57.5 Å². The summed E-state index contributed by atoms with van der Waals surface area (Å²) in [4.78, 5) is 0. The van der Waals surface area contributed by atoms with E-state index in [4.69, 9.17) is 0 Å². The van der Waals surface area contributed by atoms with Crippen LogP contribution in [-0.2, 0) is 6.54 Å². The SMILES string of the molecule is Cc1ccccc1CNC12CC3CC(CC(C3)C1)C2. The predicted molar refractivity (Wildman–Crippen MR) is 78.9 cm³/mol. The summed E-state index contributed by atoms with van der Waals surface area (Å²) < 4.78 is 0. The molecule has 4 fully saturated rings. The maximum Gasteiger partial charge on any atom is 0.0213 e. The number of aryl methyl sites for hydroxylation is 1. The minimum absolute atomic E-state index is 0.497. The van der Waals surface area contributed by atoms with Gasteiger partial charge in [-0.2, -0.15) is 0 Å². The number of benzene rings is 1. The van der Waals surface area contributed by atoms with Crippen LogP contribution in [0.4, 0.5) is 0 Å². The average molecular weight is 255 g/mol. The lowest BCUT2D eigenvalue weighted by molar-refractivity contribution is -0.0206. The van der Waals surface area contributed by atoms with Crippen molar-refractivity contribution in [3.8, 4) is 0 Å². The summed E-state index contributed by atoms with van der Waals surface area (Å²) in [5, 5.41) is 3.98. The zero-order valence-corrected chi connectivity index (χ0v) is 12.0. The van der Waals surface area contributed by atoms with Crippen LogP contribution in [0.2, 0.25) is 0 Å². The third-order valence-electron chi connectivity index (χ3n) is 5.95. The van der Waals surface area contributed by atoms with Gasteiger partial charge in [-0.25, -0.2) is 0 Å². The molecule has 0 saturated heterocycles. The molecule has 1 nitrogen and oxygen atoms in total. The topological polar surface area (TPSA) is 12.0 Å². The highest BCUT2D eigenvalue weighted by Crippen LogP contribution is 2.55. The molecule has 0 atom stereocenters. The Balaban J connectivity index is 1.49. The van der Waals surface area contributed by atoms with E-state index < -0.39 is 0 Å². The van der Waals surface area contributed by atoms with Crippen molar-refractivity contribution < 1.29 is 0 Å². The fourth-order valence-electron chi connectivity index (χ4n) is 5.42. The fourth-order valence-corrected chi connectivity index (χ4v) is 5.42. The minimum atomic E-state index is 0.497. The van der Waals surface area contributed by atoms with E-state index >= 15 is 0 Å². The van der Waals surface area contributed by atoms with Crippen molar-refractivity contribution in [1.29, 1.82) is 0 Å². The van der Waals surface area contributed by atoms with Crippen molar-refractivity contribution in [3.05, 3.63) is 35.4 Å². The molecule has 0 radical (unpaired) electrons. The molecule has 4 aliphatic rings. The molecule has 0 amide bonds. The molecule has 1 N–H and O–H groups in total. The fraction of sp³-hybridized carbons (Fsp3) is 0.667. The largest absolute Gasteiger partial charge is 0.307 e. The van der Waals surface area contributed by atoms with Crippen LogP contribution in [0.25, 0.3) is 0 Å². The molecule has 0 unspecified atom stereocenters. The third kappa shape index (κ3) is 2.12. The monoisotopic (exact) mass is 255 g/mol. The Hall–Kier alpha value is -0.820. The van der Waals surface area contributed by atoms with Gasteiger partial charge in [0.15, 0.2) is 0 Å². The van der Waals surface area contributed by atoms with Gasteiger partial charge in [-0.3, -0.25) is 0 Å². The van der Waals surface area contributed by atoms with E-state index in [9.17, 15) is 0 Å². The summed E-state index contributed by atoms with van der Waals surface area (Å²) >= 11 is 0. The smallest absolute Gasteiger partial charge is 0.0213 e. The highest BCUT2D eigenvalue weighted by Gasteiger charge is 2.50. The van der Waals surface area contributed by atoms with Gasteiger partial charge in [0.2, 0.25) is 0 Å². The Labute approximate surface area is 116 Å². The molecule has 102 valence electrons. The van der Waals surface area contributed by atoms with Crippen LogP contribution < -0.4 is 5.32 Å². The summed E-state index contributed by atoms with van der Waals surface area (Å²) in [6.07, 6.45) is 8.95. The van der Waals surface area contributed by atoms with E-state index in [1.807, 2.05) is 0 Å². The first-order valence-electron chi connectivity index (χ1n) is 8.02. The number of nitrogens with one attached hydrogen (secondary N) is 1. The molecule has 1 aromatic carbocycles. The van der Waals surface area contributed by atoms with Crippen LogP contribution in [0.5, 0.6) is 0 Å². The zero-order valence-electron chi connectivity index (χ0n) is 12.0. The van der Waals surface area contributed by atoms with Gasteiger partial charge in [-0.15, -0.1) is 0 Å². The maximum atomic E-state index is 3.98. The summed E-state index contributed by atoms with van der Waals surface area (Å²) in [5.41, 5.74) is 3.41. The van der Waals surface area contributed by atoms with Crippen LogP contribution in [0.1, 0.15) is 49.7 Å². The molecule has 1 aromatic rings. The first kappa shape index (κ1) is 12.0. The lowest BCUT2D eigenvalue weighted by Gasteiger charge is -2.57. The molecule has 1 heteroatoms. The van der Waals surface area contributed by atoms with Gasteiger partial charge in [0.05, 0.1) is 0 Å². The zero-order chi connectivity index (χ0) is 12.9. The molecule has 4 bridgehead atoms. The summed E-state index contributed by atoms with van der Waals surface area (Å²) in [5.74, 6) is 3.11. The molecule has 0 aromatic heterocycles. The van der Waals surface area contributed by atoms with Crippen LogP contribution in [-0.4, -0.2) is 5.54 Å². The van der Waals surface area contributed by atoms with E-state index in [1.54, 1.807) is 0 Å². The molecule has 19 heavy (non-hydrogen) atoms. The summed E-state index contributed by atoms with van der Waals surface area (Å²) in [6.45, 7) is 3.30. The van der Waals surface area contributed by atoms with E-state index in [0.717, 1.165) is 24.3 Å². The van der Waals surface area contributed by atoms with Crippen LogP contribution in [0.15, 0.2) is 24.3 Å². The van der Waals surface area contributed by atoms with E-state index in [-0.39, 0.29) is 0 Å². The first-order chi connectivity index (χ1) is 9.22. The highest BCUT2D eigenvalue weighted by atomic mass is 15.0. The lowest BCUT2D eigenvalue weighted by atomic mass is 9.53. The predicted octanol–water partition coefficient (Wildman–Crippen LogP) is 4.05. The Morgan fingerprint density at radius 3 is 2.16 bits per heavy atom. The van der Waals surface area contributed by atoms with Crippen molar-refractivity contribution in [3.63, 3.8) is 0 Å². The normalized spacial score (nSPS) is 39.7. The Morgan fingerprint density at radius 2 is 1.58 bits per heavy atom. The second-order valence-corrected chi connectivity index (χ2v) is 7.48. The number of rotatable bonds is 3. The quantitative estimate of drug-likeness (QED) is 0.859. The van der Waals surface area contributed by atoms with Crippen molar-refractivity contribution in [2.75, 3.05) is 0 Å². The number of hydrogen-bond donors (Lipinski definition) is 1. The van der Waals surface area contributed by atoms with Crippen LogP contribution >= 0.6 is 0 Å². The summed E-state index contributed by atoms with van der Waals surface area (Å²) in [7, 11) is 0. The molecule has 4 saturated carbocycles. The van der Waals surface area contributed by atoms with Gasteiger partial charge in [-0.1, -0.05) is 24.3 Å². The van der Waals surface area contributed by atoms with Crippen molar-refractivity contribution in [1.82, 2.24) is 5.32 Å². The molecule has 4 aliphatic carbocycles. The maximum absolute atomic E-state index is 3.98. The molecule has 0 spiro atoms. The Morgan fingerprint density at radius 1 is 1.00 bits per heavy atom. The first-order valence-corrected chi connectivity index (χ1v) is 8.02. The molecular formula is C18H25N. The van der Waals surface area contributed by atoms with Crippen LogP contribution in [0, 0.1) is 24.7 Å². The minimum Gasteiger partial charge on any atom is -0.307 e. The molecule has 0 aliphatic heterocycles. The second-order valence-electron chi connectivity index (χ2n) is 7.48. The van der Waals surface area contributed by atoms with Gasteiger partial charge >= 0.3 is 0 Å². The highest BCUT2D eigenvalue weighted by molar-refractivity contribution is 5.25. The van der Waals surface area contributed by atoms with Gasteiger partial charge in [-0.05, 0) is 74.3 Å². The molecule has 0 heterocycles. The second kappa shape index (κ2) is 4.34. The van der Waals surface area contributed by atoms with E-state index in [1.165, 1.54) is 49.7 Å². The van der Waals surface area contributed by atoms with Crippen molar-refractivity contribution in [2.24, 2.45) is 17.8 Å². The van der Waals surface area contributed by atoms with Crippen LogP contribution in [0.3, 0.4) is 0 Å². The molecular weight excluding hydrogens is 230 g/mol. The lowest BCUT2D eigenvalue weighted by Crippen LogP contribution is -2.58. The number of hydrogen-bond acceptors (Lipinski definition) is 1. The Bertz CT molecular complexity index is 441. The van der Waals surface area contributed by atoms with Gasteiger partial charge in [0.1, 0.15) is 0 Å². The Kier molecular flexibility index (Phi) is 2.73. The standard InChI is InChI=1S/C18H25N/c1-13-4-2-3-5-17(13)12-19-18-9-14-6-15(10-18)8-16(7-14)11-18/h2-5,14-16,19H,6-12H2,1H3. The summed E-state index contributed by atoms with van der Waals surface area (Å²) in [6, 6.07) is 8.83.